The van der Waals surface area contributed by atoms with Gasteiger partial charge in [-0.15, -0.1) is 0 Å². The van der Waals surface area contributed by atoms with Crippen LogP contribution in [-0.4, -0.2) is 5.54 Å². The summed E-state index contributed by atoms with van der Waals surface area (Å²) >= 11 is 0. The van der Waals surface area contributed by atoms with Crippen molar-refractivity contribution in [1.29, 1.82) is 5.26 Å². The van der Waals surface area contributed by atoms with Gasteiger partial charge in [-0.2, -0.15) is 5.26 Å². The van der Waals surface area contributed by atoms with E-state index < -0.39 is 5.54 Å². The lowest BCUT2D eigenvalue weighted by Crippen LogP contribution is -2.28. The van der Waals surface area contributed by atoms with Crippen molar-refractivity contribution in [3.8, 4) is 6.07 Å². The number of hydrogen-bond acceptors (Lipinski definition) is 2. The lowest BCUT2D eigenvalue weighted by molar-refractivity contribution is 0.684. The highest BCUT2D eigenvalue weighted by Gasteiger charge is 2.17. The Labute approximate surface area is 97.3 Å². The van der Waals surface area contributed by atoms with Gasteiger partial charge in [-0.1, -0.05) is 6.07 Å². The SMILES string of the molecule is CC(C)(C#N)Nc1ccc2c(c1)CCCC2. The van der Waals surface area contributed by atoms with E-state index in [-0.39, 0.29) is 0 Å². The Morgan fingerprint density at radius 2 is 1.88 bits per heavy atom. The zero-order chi connectivity index (χ0) is 11.6. The summed E-state index contributed by atoms with van der Waals surface area (Å²) in [5, 5.41) is 12.2. The number of hydrogen-bond donors (Lipinski definition) is 1. The van der Waals surface area contributed by atoms with Gasteiger partial charge in [-0.05, 0) is 62.8 Å². The monoisotopic (exact) mass is 214 g/mol. The number of fused-ring (bicyclic) bond motifs is 1. The molecule has 0 aromatic heterocycles. The molecule has 1 aliphatic carbocycles. The Balaban J connectivity index is 2.21. The molecular weight excluding hydrogens is 196 g/mol. The van der Waals surface area contributed by atoms with E-state index in [2.05, 4.69) is 29.6 Å². The average Bonchev–Trinajstić information content (AvgIpc) is 2.28. The summed E-state index contributed by atoms with van der Waals surface area (Å²) in [6.07, 6.45) is 4.98. The largest absolute Gasteiger partial charge is 0.368 e. The molecule has 0 aliphatic heterocycles. The highest BCUT2D eigenvalue weighted by Crippen LogP contribution is 2.25. The maximum Gasteiger partial charge on any atom is 0.119 e. The molecule has 0 saturated heterocycles. The number of nitrogens with zero attached hydrogens (tertiary/aromatic N) is 1. The second-order valence-corrected chi connectivity index (χ2v) is 5.05. The number of nitrogens with one attached hydrogen (secondary N) is 1. The maximum absolute atomic E-state index is 8.98. The Hall–Kier alpha value is -1.49. The van der Waals surface area contributed by atoms with Crippen LogP contribution in [0, 0.1) is 11.3 Å². The minimum Gasteiger partial charge on any atom is -0.368 e. The molecule has 0 heterocycles. The molecule has 0 bridgehead atoms. The molecule has 0 atom stereocenters. The highest BCUT2D eigenvalue weighted by molar-refractivity contribution is 5.52. The molecular formula is C14H18N2. The van der Waals surface area contributed by atoms with E-state index in [1.54, 1.807) is 0 Å². The van der Waals surface area contributed by atoms with Gasteiger partial charge in [-0.25, -0.2) is 0 Å². The van der Waals surface area contributed by atoms with Crippen LogP contribution >= 0.6 is 0 Å². The van der Waals surface area contributed by atoms with Gasteiger partial charge in [-0.3, -0.25) is 0 Å². The Morgan fingerprint density at radius 1 is 1.19 bits per heavy atom. The highest BCUT2D eigenvalue weighted by atomic mass is 15.0. The van der Waals surface area contributed by atoms with Gasteiger partial charge >= 0.3 is 0 Å². The third-order valence-corrected chi connectivity index (χ3v) is 3.08. The summed E-state index contributed by atoms with van der Waals surface area (Å²) in [6.45, 7) is 3.79. The fourth-order valence-electron chi connectivity index (χ4n) is 2.20. The second kappa shape index (κ2) is 4.17. The van der Waals surface area contributed by atoms with Gasteiger partial charge in [0.25, 0.3) is 0 Å². The molecule has 1 aromatic carbocycles. The first-order valence-electron chi connectivity index (χ1n) is 5.92. The van der Waals surface area contributed by atoms with E-state index in [1.807, 2.05) is 13.8 Å². The van der Waals surface area contributed by atoms with Crippen LogP contribution < -0.4 is 5.32 Å². The number of aryl methyl sites for hydroxylation is 2. The van der Waals surface area contributed by atoms with Crippen LogP contribution in [0.1, 0.15) is 37.8 Å². The predicted octanol–water partition coefficient (Wildman–Crippen LogP) is 3.28. The zero-order valence-corrected chi connectivity index (χ0v) is 10.0. The standard InChI is InChI=1S/C14H18N2/c1-14(2,10-15)16-13-8-7-11-5-3-4-6-12(11)9-13/h7-9,16H,3-6H2,1-2H3. The average molecular weight is 214 g/mol. The number of rotatable bonds is 2. The van der Waals surface area contributed by atoms with Crippen molar-refractivity contribution >= 4 is 5.69 Å². The predicted molar refractivity (Wildman–Crippen MR) is 66.4 cm³/mol. The summed E-state index contributed by atoms with van der Waals surface area (Å²) in [5.74, 6) is 0. The third-order valence-electron chi connectivity index (χ3n) is 3.08. The lowest BCUT2D eigenvalue weighted by Gasteiger charge is -2.22. The van der Waals surface area contributed by atoms with Crippen molar-refractivity contribution in [3.05, 3.63) is 29.3 Å². The van der Waals surface area contributed by atoms with Crippen LogP contribution in [0.3, 0.4) is 0 Å². The molecule has 84 valence electrons. The molecule has 2 heteroatoms. The molecule has 16 heavy (non-hydrogen) atoms. The topological polar surface area (TPSA) is 35.8 Å². The molecule has 0 fully saturated rings. The Bertz CT molecular complexity index is 427. The normalized spacial score (nSPS) is 15.1. The van der Waals surface area contributed by atoms with Crippen LogP contribution in [0.2, 0.25) is 0 Å². The van der Waals surface area contributed by atoms with Crippen LogP contribution in [-0.2, 0) is 12.8 Å². The zero-order valence-electron chi connectivity index (χ0n) is 10.0. The van der Waals surface area contributed by atoms with E-state index in [1.165, 1.54) is 36.8 Å². The third kappa shape index (κ3) is 2.36. The molecule has 0 spiro atoms. The molecule has 0 unspecified atom stereocenters. The summed E-state index contributed by atoms with van der Waals surface area (Å²) < 4.78 is 0. The smallest absolute Gasteiger partial charge is 0.119 e. The van der Waals surface area contributed by atoms with Gasteiger partial charge in [0.2, 0.25) is 0 Å². The van der Waals surface area contributed by atoms with Crippen molar-refractivity contribution in [1.82, 2.24) is 0 Å². The van der Waals surface area contributed by atoms with Gasteiger partial charge in [0.1, 0.15) is 5.54 Å². The van der Waals surface area contributed by atoms with E-state index in [0.29, 0.717) is 0 Å². The van der Waals surface area contributed by atoms with Crippen LogP contribution in [0.4, 0.5) is 5.69 Å². The fourth-order valence-corrected chi connectivity index (χ4v) is 2.20. The first-order chi connectivity index (χ1) is 7.61. The van der Waals surface area contributed by atoms with E-state index in [9.17, 15) is 0 Å². The van der Waals surface area contributed by atoms with E-state index in [0.717, 1.165) is 5.69 Å². The first kappa shape index (κ1) is 11.0. The Kier molecular flexibility index (Phi) is 2.87. The summed E-state index contributed by atoms with van der Waals surface area (Å²) in [7, 11) is 0. The van der Waals surface area contributed by atoms with Crippen LogP contribution in [0.25, 0.3) is 0 Å². The molecule has 2 nitrogen and oxygen atoms in total. The number of anilines is 1. The Morgan fingerprint density at radius 3 is 2.56 bits per heavy atom. The molecule has 1 N–H and O–H groups in total. The molecule has 1 aliphatic rings. The molecule has 0 radical (unpaired) electrons. The number of nitriles is 1. The quantitative estimate of drug-likeness (QED) is 0.820. The summed E-state index contributed by atoms with van der Waals surface area (Å²) in [4.78, 5) is 0. The second-order valence-electron chi connectivity index (χ2n) is 5.05. The summed E-state index contributed by atoms with van der Waals surface area (Å²) in [5.41, 5.74) is 3.49. The van der Waals surface area contributed by atoms with Crippen LogP contribution in [0.15, 0.2) is 18.2 Å². The van der Waals surface area contributed by atoms with Crippen molar-refractivity contribution in [2.45, 2.75) is 45.1 Å². The molecule has 1 aromatic rings. The van der Waals surface area contributed by atoms with Crippen molar-refractivity contribution in [3.63, 3.8) is 0 Å². The first-order valence-corrected chi connectivity index (χ1v) is 5.92. The van der Waals surface area contributed by atoms with Gasteiger partial charge in [0.15, 0.2) is 0 Å². The van der Waals surface area contributed by atoms with E-state index in [4.69, 9.17) is 5.26 Å². The summed E-state index contributed by atoms with van der Waals surface area (Å²) in [6, 6.07) is 8.75. The van der Waals surface area contributed by atoms with Gasteiger partial charge < -0.3 is 5.32 Å². The van der Waals surface area contributed by atoms with Crippen molar-refractivity contribution < 1.29 is 0 Å². The van der Waals surface area contributed by atoms with Crippen molar-refractivity contribution in [2.75, 3.05) is 5.32 Å². The maximum atomic E-state index is 8.98. The van der Waals surface area contributed by atoms with Gasteiger partial charge in [0, 0.05) is 5.69 Å². The van der Waals surface area contributed by atoms with Crippen molar-refractivity contribution in [2.24, 2.45) is 0 Å². The van der Waals surface area contributed by atoms with Gasteiger partial charge in [0.05, 0.1) is 6.07 Å². The molecule has 0 amide bonds. The lowest BCUT2D eigenvalue weighted by atomic mass is 9.91. The van der Waals surface area contributed by atoms with Crippen LogP contribution in [0.5, 0.6) is 0 Å². The fraction of sp³-hybridized carbons (Fsp3) is 0.500. The minimum absolute atomic E-state index is 0.497. The minimum atomic E-state index is -0.497. The van der Waals surface area contributed by atoms with E-state index >= 15 is 0 Å². The molecule has 0 saturated carbocycles. The number of benzene rings is 1. The molecule has 2 rings (SSSR count).